The highest BCUT2D eigenvalue weighted by atomic mass is 32.2. The van der Waals surface area contributed by atoms with Crippen molar-refractivity contribution in [2.24, 2.45) is 0 Å². The van der Waals surface area contributed by atoms with Gasteiger partial charge < -0.3 is 24.4 Å². The van der Waals surface area contributed by atoms with Crippen LogP contribution in [0.5, 0.6) is 11.5 Å². The first-order valence-electron chi connectivity index (χ1n) is 10.7. The highest BCUT2D eigenvalue weighted by Crippen LogP contribution is 2.27. The van der Waals surface area contributed by atoms with E-state index in [9.17, 15) is 13.2 Å². The Labute approximate surface area is 195 Å². The van der Waals surface area contributed by atoms with E-state index in [1.807, 2.05) is 18.2 Å². The van der Waals surface area contributed by atoms with Crippen LogP contribution in [0.4, 0.5) is 4.79 Å². The van der Waals surface area contributed by atoms with Gasteiger partial charge in [0.15, 0.2) is 11.5 Å². The van der Waals surface area contributed by atoms with Gasteiger partial charge in [-0.05, 0) is 35.7 Å². The average Bonchev–Trinajstić information content (AvgIpc) is 2.86. The van der Waals surface area contributed by atoms with Gasteiger partial charge in [0.2, 0.25) is 10.0 Å². The topological polar surface area (TPSA) is 97.4 Å². The van der Waals surface area contributed by atoms with Gasteiger partial charge in [0.05, 0.1) is 32.3 Å². The van der Waals surface area contributed by atoms with Crippen LogP contribution in [0.1, 0.15) is 11.1 Å². The molecule has 0 atom stereocenters. The molecule has 0 saturated carbocycles. The molecule has 1 saturated heterocycles. The zero-order valence-corrected chi connectivity index (χ0v) is 20.1. The molecule has 1 aliphatic rings. The Morgan fingerprint density at radius 3 is 2.48 bits per heavy atom. The van der Waals surface area contributed by atoms with Gasteiger partial charge in [0, 0.05) is 33.2 Å². The molecule has 1 heterocycles. The molecule has 1 fully saturated rings. The minimum Gasteiger partial charge on any atom is -0.493 e. The van der Waals surface area contributed by atoms with Crippen molar-refractivity contribution in [3.63, 3.8) is 0 Å². The molecule has 2 amide bonds. The number of carbonyl (C=O) groups excluding carboxylic acids is 1. The summed E-state index contributed by atoms with van der Waals surface area (Å²) in [6.45, 7) is 1.99. The van der Waals surface area contributed by atoms with E-state index in [-0.39, 0.29) is 17.5 Å². The summed E-state index contributed by atoms with van der Waals surface area (Å²) in [4.78, 5) is 14.4. The number of ether oxygens (including phenoxy) is 3. The highest BCUT2D eigenvalue weighted by Gasteiger charge is 2.28. The van der Waals surface area contributed by atoms with Gasteiger partial charge >= 0.3 is 6.03 Å². The molecule has 2 aromatic rings. The number of sulfonamides is 1. The van der Waals surface area contributed by atoms with Crippen LogP contribution in [0.3, 0.4) is 0 Å². The van der Waals surface area contributed by atoms with Gasteiger partial charge in [-0.15, -0.1) is 0 Å². The first-order chi connectivity index (χ1) is 15.9. The second-order valence-corrected chi connectivity index (χ2v) is 9.55. The summed E-state index contributed by atoms with van der Waals surface area (Å²) in [7, 11) is 1.21. The molecule has 10 heteroatoms. The van der Waals surface area contributed by atoms with Gasteiger partial charge in [-0.3, -0.25) is 0 Å². The molecule has 0 unspecified atom stereocenters. The molecular weight excluding hydrogens is 446 g/mol. The molecule has 0 radical (unpaired) electrons. The van der Waals surface area contributed by atoms with Crippen molar-refractivity contribution in [2.75, 3.05) is 54.1 Å². The summed E-state index contributed by atoms with van der Waals surface area (Å²) in [6, 6.07) is 12.1. The number of hydrogen-bond acceptors (Lipinski definition) is 6. The van der Waals surface area contributed by atoms with E-state index >= 15 is 0 Å². The van der Waals surface area contributed by atoms with Crippen molar-refractivity contribution in [3.05, 3.63) is 53.6 Å². The normalized spacial score (nSPS) is 14.5. The lowest BCUT2D eigenvalue weighted by molar-refractivity contribution is 0.0730. The van der Waals surface area contributed by atoms with Gasteiger partial charge in [0.1, 0.15) is 0 Å². The van der Waals surface area contributed by atoms with Gasteiger partial charge in [-0.1, -0.05) is 24.3 Å². The number of urea groups is 1. The van der Waals surface area contributed by atoms with Crippen molar-refractivity contribution in [2.45, 2.75) is 17.9 Å². The largest absolute Gasteiger partial charge is 0.493 e. The SMILES string of the molecule is COc1ccc(CCN(C)C(=O)NCc2ccccc2S(=O)(=O)N2CCOCC2)cc1OC. The number of benzene rings is 2. The number of likely N-dealkylation sites (N-methyl/N-ethyl adjacent to an activating group) is 1. The Bertz CT molecular complexity index is 1050. The number of nitrogens with zero attached hydrogens (tertiary/aromatic N) is 2. The highest BCUT2D eigenvalue weighted by molar-refractivity contribution is 7.89. The second kappa shape index (κ2) is 11.4. The lowest BCUT2D eigenvalue weighted by Crippen LogP contribution is -2.41. The number of rotatable bonds is 9. The molecule has 33 heavy (non-hydrogen) atoms. The zero-order valence-electron chi connectivity index (χ0n) is 19.2. The Morgan fingerprint density at radius 1 is 1.09 bits per heavy atom. The Hall–Kier alpha value is -2.82. The van der Waals surface area contributed by atoms with Crippen molar-refractivity contribution in [1.82, 2.24) is 14.5 Å². The average molecular weight is 478 g/mol. The fourth-order valence-corrected chi connectivity index (χ4v) is 5.20. The van der Waals surface area contributed by atoms with Gasteiger partial charge in [-0.2, -0.15) is 4.31 Å². The van der Waals surface area contributed by atoms with Crippen LogP contribution in [0.15, 0.2) is 47.4 Å². The van der Waals surface area contributed by atoms with Crippen LogP contribution in [0, 0.1) is 0 Å². The van der Waals surface area contributed by atoms with Crippen LogP contribution in [-0.4, -0.2) is 77.8 Å². The van der Waals surface area contributed by atoms with E-state index in [4.69, 9.17) is 14.2 Å². The fourth-order valence-electron chi connectivity index (χ4n) is 3.57. The molecule has 180 valence electrons. The molecule has 3 rings (SSSR count). The van der Waals surface area contributed by atoms with E-state index in [0.29, 0.717) is 56.3 Å². The number of carbonyl (C=O) groups is 1. The van der Waals surface area contributed by atoms with Gasteiger partial charge in [-0.25, -0.2) is 13.2 Å². The summed E-state index contributed by atoms with van der Waals surface area (Å²) in [5.74, 6) is 1.29. The van der Waals surface area contributed by atoms with Crippen LogP contribution in [0.25, 0.3) is 0 Å². The molecule has 0 bridgehead atoms. The van der Waals surface area contributed by atoms with Crippen LogP contribution in [0.2, 0.25) is 0 Å². The maximum atomic E-state index is 13.1. The Kier molecular flexibility index (Phi) is 8.54. The van der Waals surface area contributed by atoms with Crippen LogP contribution < -0.4 is 14.8 Å². The summed E-state index contributed by atoms with van der Waals surface area (Å²) in [5, 5.41) is 2.83. The fraction of sp³-hybridized carbons (Fsp3) is 0.435. The minimum atomic E-state index is -3.65. The summed E-state index contributed by atoms with van der Waals surface area (Å²) in [5.41, 5.74) is 1.56. The van der Waals surface area contributed by atoms with E-state index in [2.05, 4.69) is 5.32 Å². The number of amides is 2. The predicted molar refractivity (Wildman–Crippen MR) is 124 cm³/mol. The number of hydrogen-bond donors (Lipinski definition) is 1. The Morgan fingerprint density at radius 2 is 1.79 bits per heavy atom. The summed E-state index contributed by atoms with van der Waals surface area (Å²) >= 11 is 0. The second-order valence-electron chi connectivity index (χ2n) is 7.64. The van der Waals surface area contributed by atoms with E-state index < -0.39 is 10.0 Å². The third-order valence-corrected chi connectivity index (χ3v) is 7.52. The van der Waals surface area contributed by atoms with E-state index in [0.717, 1.165) is 5.56 Å². The van der Waals surface area contributed by atoms with E-state index in [1.54, 1.807) is 50.4 Å². The molecule has 2 aromatic carbocycles. The summed E-state index contributed by atoms with van der Waals surface area (Å²) < 4.78 is 43.4. The van der Waals surface area contributed by atoms with Gasteiger partial charge in [0.25, 0.3) is 0 Å². The van der Waals surface area contributed by atoms with Crippen molar-refractivity contribution >= 4 is 16.1 Å². The molecule has 1 N–H and O–H groups in total. The predicted octanol–water partition coefficient (Wildman–Crippen LogP) is 2.11. The summed E-state index contributed by atoms with van der Waals surface area (Å²) in [6.07, 6.45) is 0.631. The zero-order chi connectivity index (χ0) is 23.8. The first-order valence-corrected chi connectivity index (χ1v) is 12.2. The van der Waals surface area contributed by atoms with Crippen molar-refractivity contribution in [1.29, 1.82) is 0 Å². The maximum absolute atomic E-state index is 13.1. The number of methoxy groups -OCH3 is 2. The number of nitrogens with one attached hydrogen (secondary N) is 1. The molecule has 1 aliphatic heterocycles. The monoisotopic (exact) mass is 477 g/mol. The van der Waals surface area contributed by atoms with Crippen molar-refractivity contribution < 1.29 is 27.4 Å². The van der Waals surface area contributed by atoms with Crippen LogP contribution in [-0.2, 0) is 27.7 Å². The smallest absolute Gasteiger partial charge is 0.317 e. The van der Waals surface area contributed by atoms with E-state index in [1.165, 1.54) is 4.31 Å². The lowest BCUT2D eigenvalue weighted by atomic mass is 10.1. The number of morpholine rings is 1. The first kappa shape index (κ1) is 24.8. The standard InChI is InChI=1S/C23H31N3O6S/c1-25(11-10-18-8-9-20(30-2)21(16-18)31-3)23(27)24-17-19-6-4-5-7-22(19)33(28,29)26-12-14-32-15-13-26/h4-9,16H,10-15,17H2,1-3H3,(H,24,27). The molecule has 0 aromatic heterocycles. The Balaban J connectivity index is 1.59. The van der Waals surface area contributed by atoms with Crippen LogP contribution >= 0.6 is 0 Å². The third-order valence-electron chi connectivity index (χ3n) is 5.52. The maximum Gasteiger partial charge on any atom is 0.317 e. The quantitative estimate of drug-likeness (QED) is 0.594. The molecule has 9 nitrogen and oxygen atoms in total. The minimum absolute atomic E-state index is 0.110. The molecule has 0 spiro atoms. The molecule has 0 aliphatic carbocycles. The third kappa shape index (κ3) is 6.16. The molecular formula is C23H31N3O6S. The lowest BCUT2D eigenvalue weighted by Gasteiger charge is -2.27. The van der Waals surface area contributed by atoms with Crippen molar-refractivity contribution in [3.8, 4) is 11.5 Å².